The minimum atomic E-state index is -0.121. The molecule has 5 heteroatoms. The van der Waals surface area contributed by atoms with Crippen molar-refractivity contribution >= 4 is 11.6 Å². The Bertz CT molecular complexity index is 442. The summed E-state index contributed by atoms with van der Waals surface area (Å²) in [6.45, 7) is 3.74. The van der Waals surface area contributed by atoms with Crippen LogP contribution in [-0.2, 0) is 4.74 Å². The van der Waals surface area contributed by atoms with E-state index in [1.54, 1.807) is 18.2 Å². The van der Waals surface area contributed by atoms with E-state index in [9.17, 15) is 4.79 Å². The molecule has 0 saturated carbocycles. The third-order valence-corrected chi connectivity index (χ3v) is 3.06. The van der Waals surface area contributed by atoms with Crippen LogP contribution in [0.3, 0.4) is 0 Å². The molecule has 5 nitrogen and oxygen atoms in total. The van der Waals surface area contributed by atoms with Crippen LogP contribution in [0.4, 0.5) is 5.69 Å². The van der Waals surface area contributed by atoms with Gasteiger partial charge < -0.3 is 20.5 Å². The molecule has 1 aliphatic heterocycles. The lowest BCUT2D eigenvalue weighted by Crippen LogP contribution is -2.23. The van der Waals surface area contributed by atoms with Crippen LogP contribution < -0.4 is 15.8 Å². The molecule has 0 aromatic heterocycles. The molecule has 2 rings (SSSR count). The van der Waals surface area contributed by atoms with Gasteiger partial charge in [-0.3, -0.25) is 4.79 Å². The van der Waals surface area contributed by atoms with Gasteiger partial charge in [0.05, 0.1) is 11.8 Å². The first-order valence-corrected chi connectivity index (χ1v) is 6.63. The molecule has 1 fully saturated rings. The van der Waals surface area contributed by atoms with Crippen molar-refractivity contribution in [3.63, 3.8) is 0 Å². The summed E-state index contributed by atoms with van der Waals surface area (Å²) in [5.74, 6) is 0.420. The summed E-state index contributed by atoms with van der Waals surface area (Å²) in [7, 11) is 0. The molecule has 3 N–H and O–H groups in total. The monoisotopic (exact) mass is 264 g/mol. The van der Waals surface area contributed by atoms with Crippen LogP contribution >= 0.6 is 0 Å². The van der Waals surface area contributed by atoms with E-state index >= 15 is 0 Å². The number of amides is 1. The fourth-order valence-electron chi connectivity index (χ4n) is 2.02. The largest absolute Gasteiger partial charge is 0.489 e. The van der Waals surface area contributed by atoms with E-state index < -0.39 is 0 Å². The predicted octanol–water partition coefficient (Wildman–Crippen LogP) is 1.58. The molecule has 1 aliphatic rings. The zero-order valence-corrected chi connectivity index (χ0v) is 11.1. The second-order valence-electron chi connectivity index (χ2n) is 4.56. The van der Waals surface area contributed by atoms with Crippen molar-refractivity contribution in [1.29, 1.82) is 0 Å². The molecule has 0 bridgehead atoms. The van der Waals surface area contributed by atoms with E-state index in [2.05, 4.69) is 5.32 Å². The van der Waals surface area contributed by atoms with Crippen molar-refractivity contribution in [2.45, 2.75) is 25.9 Å². The molecule has 1 heterocycles. The second kappa shape index (κ2) is 6.43. The summed E-state index contributed by atoms with van der Waals surface area (Å²) in [6.07, 6.45) is 2.21. The van der Waals surface area contributed by atoms with E-state index in [0.29, 0.717) is 30.2 Å². The second-order valence-corrected chi connectivity index (χ2v) is 4.56. The number of hydrogen-bond acceptors (Lipinski definition) is 4. The maximum atomic E-state index is 11.7. The van der Waals surface area contributed by atoms with Gasteiger partial charge >= 0.3 is 0 Å². The van der Waals surface area contributed by atoms with Gasteiger partial charge in [0.2, 0.25) is 0 Å². The number of carbonyl (C=O) groups excluding carboxylic acids is 1. The van der Waals surface area contributed by atoms with Crippen LogP contribution in [0.1, 0.15) is 30.1 Å². The average molecular weight is 264 g/mol. The number of anilines is 1. The molecule has 1 saturated heterocycles. The first kappa shape index (κ1) is 13.7. The first-order chi connectivity index (χ1) is 9.20. The SMILES string of the molecule is CCNC(=O)c1ccc(N)c(OCC2CCCO2)c1. The Balaban J connectivity index is 2.01. The Morgan fingerprint density at radius 2 is 2.42 bits per heavy atom. The summed E-state index contributed by atoms with van der Waals surface area (Å²) in [5.41, 5.74) is 6.94. The van der Waals surface area contributed by atoms with Crippen molar-refractivity contribution in [1.82, 2.24) is 5.32 Å². The van der Waals surface area contributed by atoms with Crippen molar-refractivity contribution in [2.75, 3.05) is 25.5 Å². The summed E-state index contributed by atoms with van der Waals surface area (Å²) < 4.78 is 11.1. The molecule has 0 radical (unpaired) electrons. The highest BCUT2D eigenvalue weighted by atomic mass is 16.5. The zero-order chi connectivity index (χ0) is 13.7. The maximum absolute atomic E-state index is 11.7. The van der Waals surface area contributed by atoms with Gasteiger partial charge in [0, 0.05) is 18.7 Å². The van der Waals surface area contributed by atoms with Gasteiger partial charge in [-0.1, -0.05) is 0 Å². The molecular formula is C14H20N2O3. The van der Waals surface area contributed by atoms with E-state index in [1.807, 2.05) is 6.92 Å². The van der Waals surface area contributed by atoms with Gasteiger partial charge in [-0.2, -0.15) is 0 Å². The van der Waals surface area contributed by atoms with Gasteiger partial charge in [0.1, 0.15) is 12.4 Å². The number of ether oxygens (including phenoxy) is 2. The Hall–Kier alpha value is -1.75. The lowest BCUT2D eigenvalue weighted by Gasteiger charge is -2.14. The lowest BCUT2D eigenvalue weighted by atomic mass is 10.1. The number of nitrogens with two attached hydrogens (primary N) is 1. The van der Waals surface area contributed by atoms with Crippen LogP contribution in [0.15, 0.2) is 18.2 Å². The van der Waals surface area contributed by atoms with Gasteiger partial charge in [-0.25, -0.2) is 0 Å². The third-order valence-electron chi connectivity index (χ3n) is 3.06. The number of rotatable bonds is 5. The molecule has 1 atom stereocenters. The molecule has 0 aliphatic carbocycles. The normalized spacial score (nSPS) is 18.3. The summed E-state index contributed by atoms with van der Waals surface area (Å²) >= 11 is 0. The molecule has 1 amide bonds. The lowest BCUT2D eigenvalue weighted by molar-refractivity contribution is 0.0682. The van der Waals surface area contributed by atoms with Gasteiger partial charge in [-0.15, -0.1) is 0 Å². The highest BCUT2D eigenvalue weighted by molar-refractivity contribution is 5.95. The number of nitrogen functional groups attached to an aromatic ring is 1. The van der Waals surface area contributed by atoms with Crippen molar-refractivity contribution in [3.8, 4) is 5.75 Å². The smallest absolute Gasteiger partial charge is 0.251 e. The minimum Gasteiger partial charge on any atom is -0.489 e. The third kappa shape index (κ3) is 3.61. The average Bonchev–Trinajstić information content (AvgIpc) is 2.91. The number of hydrogen-bond donors (Lipinski definition) is 2. The Kier molecular flexibility index (Phi) is 4.63. The minimum absolute atomic E-state index is 0.121. The first-order valence-electron chi connectivity index (χ1n) is 6.63. The van der Waals surface area contributed by atoms with Gasteiger partial charge in [0.15, 0.2) is 0 Å². The Labute approximate surface area is 113 Å². The van der Waals surface area contributed by atoms with E-state index in [0.717, 1.165) is 19.4 Å². The summed E-state index contributed by atoms with van der Waals surface area (Å²) in [4.78, 5) is 11.7. The van der Waals surface area contributed by atoms with Crippen molar-refractivity contribution < 1.29 is 14.3 Å². The molecule has 1 aromatic carbocycles. The fraction of sp³-hybridized carbons (Fsp3) is 0.500. The highest BCUT2D eigenvalue weighted by Crippen LogP contribution is 2.24. The summed E-state index contributed by atoms with van der Waals surface area (Å²) in [6, 6.07) is 5.06. The number of carbonyl (C=O) groups is 1. The quantitative estimate of drug-likeness (QED) is 0.792. The Morgan fingerprint density at radius 1 is 1.58 bits per heavy atom. The van der Waals surface area contributed by atoms with Crippen molar-refractivity contribution in [3.05, 3.63) is 23.8 Å². The maximum Gasteiger partial charge on any atom is 0.251 e. The standard InChI is InChI=1S/C14H20N2O3/c1-2-16-14(17)10-5-6-12(15)13(8-10)19-9-11-4-3-7-18-11/h5-6,8,11H,2-4,7,9,15H2,1H3,(H,16,17). The highest BCUT2D eigenvalue weighted by Gasteiger charge is 2.17. The van der Waals surface area contributed by atoms with Crippen LogP contribution in [0, 0.1) is 0 Å². The summed E-state index contributed by atoms with van der Waals surface area (Å²) in [5, 5.41) is 2.75. The van der Waals surface area contributed by atoms with Gasteiger partial charge in [-0.05, 0) is 38.0 Å². The van der Waals surface area contributed by atoms with Crippen molar-refractivity contribution in [2.24, 2.45) is 0 Å². The predicted molar refractivity (Wildman–Crippen MR) is 73.3 cm³/mol. The van der Waals surface area contributed by atoms with E-state index in [-0.39, 0.29) is 12.0 Å². The van der Waals surface area contributed by atoms with Crippen LogP contribution in [0.5, 0.6) is 5.75 Å². The van der Waals surface area contributed by atoms with E-state index in [1.165, 1.54) is 0 Å². The van der Waals surface area contributed by atoms with E-state index in [4.69, 9.17) is 15.2 Å². The molecular weight excluding hydrogens is 244 g/mol. The molecule has 1 aromatic rings. The number of benzene rings is 1. The van der Waals surface area contributed by atoms with Crippen LogP contribution in [0.25, 0.3) is 0 Å². The van der Waals surface area contributed by atoms with Crippen LogP contribution in [-0.4, -0.2) is 31.8 Å². The van der Waals surface area contributed by atoms with Crippen LogP contribution in [0.2, 0.25) is 0 Å². The molecule has 0 spiro atoms. The molecule has 1 unspecified atom stereocenters. The zero-order valence-electron chi connectivity index (χ0n) is 11.1. The number of nitrogens with one attached hydrogen (secondary N) is 1. The topological polar surface area (TPSA) is 73.6 Å². The fourth-order valence-corrected chi connectivity index (χ4v) is 2.02. The van der Waals surface area contributed by atoms with Gasteiger partial charge in [0.25, 0.3) is 5.91 Å². The molecule has 19 heavy (non-hydrogen) atoms. The molecule has 104 valence electrons. The Morgan fingerprint density at radius 3 is 3.11 bits per heavy atom.